The Kier molecular flexibility index (Phi) is 6.98. The number of rotatable bonds is 2. The highest BCUT2D eigenvalue weighted by molar-refractivity contribution is 9.15. The largest absolute Gasteiger partial charge is 0.519 e. The molecule has 0 N–H and O–H groups in total. The summed E-state index contributed by atoms with van der Waals surface area (Å²) >= 11 is 20.2. The van der Waals surface area contributed by atoms with Gasteiger partial charge in [0.2, 0.25) is 0 Å². The fourth-order valence-electron chi connectivity index (χ4n) is 1.37. The Bertz CT molecular complexity index is 686. The van der Waals surface area contributed by atoms with E-state index in [0.717, 1.165) is 17.9 Å². The zero-order valence-corrected chi connectivity index (χ0v) is 19.8. The molecule has 0 bridgehead atoms. The number of hydrogen-bond donors (Lipinski definition) is 0. The molecule has 0 heterocycles. The molecule has 2 rings (SSSR count). The maximum absolute atomic E-state index is 11.9. The van der Waals surface area contributed by atoms with E-state index in [2.05, 4.69) is 95.6 Å². The van der Waals surface area contributed by atoms with Crippen molar-refractivity contribution in [1.29, 1.82) is 0 Å². The molecule has 2 aromatic carbocycles. The van der Waals surface area contributed by atoms with Crippen molar-refractivity contribution in [2.24, 2.45) is 0 Å². The van der Waals surface area contributed by atoms with E-state index in [4.69, 9.17) is 9.47 Å². The minimum Gasteiger partial charge on any atom is -0.393 e. The van der Waals surface area contributed by atoms with Crippen molar-refractivity contribution in [2.45, 2.75) is 0 Å². The Morgan fingerprint density at radius 2 is 1.00 bits per heavy atom. The summed E-state index contributed by atoms with van der Waals surface area (Å²) in [5.41, 5.74) is 0. The molecule has 0 aliphatic carbocycles. The maximum atomic E-state index is 11.9. The van der Waals surface area contributed by atoms with E-state index in [9.17, 15) is 4.79 Å². The molecule has 0 unspecified atom stereocenters. The second-order valence-corrected chi connectivity index (χ2v) is 8.68. The summed E-state index contributed by atoms with van der Waals surface area (Å²) < 4.78 is 14.8. The van der Waals surface area contributed by atoms with Crippen molar-refractivity contribution in [3.63, 3.8) is 0 Å². The van der Waals surface area contributed by atoms with Gasteiger partial charge in [-0.25, -0.2) is 4.79 Å². The van der Waals surface area contributed by atoms with Crippen molar-refractivity contribution in [1.82, 2.24) is 0 Å². The van der Waals surface area contributed by atoms with Crippen molar-refractivity contribution in [2.75, 3.05) is 0 Å². The third-order valence-electron chi connectivity index (χ3n) is 2.39. The Balaban J connectivity index is 2.18. The second kappa shape index (κ2) is 8.11. The molecular formula is C13H4Br6O3. The molecule has 0 spiro atoms. The lowest BCUT2D eigenvalue weighted by Gasteiger charge is -2.11. The maximum Gasteiger partial charge on any atom is 0.519 e. The Morgan fingerprint density at radius 3 is 1.36 bits per heavy atom. The van der Waals surface area contributed by atoms with Gasteiger partial charge in [0.1, 0.15) is 11.5 Å². The van der Waals surface area contributed by atoms with Gasteiger partial charge in [0.15, 0.2) is 0 Å². The number of halogens is 6. The van der Waals surface area contributed by atoms with Crippen LogP contribution in [-0.2, 0) is 0 Å². The Hall–Kier alpha value is 0.590. The first kappa shape index (κ1) is 18.9. The molecule has 2 aromatic rings. The Labute approximate surface area is 176 Å². The van der Waals surface area contributed by atoms with E-state index >= 15 is 0 Å². The predicted molar refractivity (Wildman–Crippen MR) is 106 cm³/mol. The van der Waals surface area contributed by atoms with E-state index in [-0.39, 0.29) is 0 Å². The van der Waals surface area contributed by atoms with Crippen LogP contribution in [0.25, 0.3) is 0 Å². The van der Waals surface area contributed by atoms with Gasteiger partial charge in [-0.2, -0.15) is 0 Å². The van der Waals surface area contributed by atoms with Gasteiger partial charge >= 0.3 is 6.16 Å². The lowest BCUT2D eigenvalue weighted by atomic mass is 10.3. The third kappa shape index (κ3) is 4.36. The molecule has 3 nitrogen and oxygen atoms in total. The standard InChI is InChI=1S/C13H4Br6O3/c14-5-1-3-7(11(18)9(5)16)21-13(20)22-8-4-2-6(15)10(17)12(8)19/h1-4H. The van der Waals surface area contributed by atoms with Crippen LogP contribution in [0.3, 0.4) is 0 Å². The fraction of sp³-hybridized carbons (Fsp3) is 0. The number of ether oxygens (including phenoxy) is 2. The lowest BCUT2D eigenvalue weighted by molar-refractivity contribution is 0.151. The van der Waals surface area contributed by atoms with Crippen LogP contribution in [0.15, 0.2) is 51.1 Å². The van der Waals surface area contributed by atoms with Crippen LogP contribution in [0.5, 0.6) is 11.5 Å². The van der Waals surface area contributed by atoms with Gasteiger partial charge in [-0.05, 0) is 120 Å². The highest BCUT2D eigenvalue weighted by atomic mass is 79.9. The summed E-state index contributed by atoms with van der Waals surface area (Å²) in [4.78, 5) is 11.9. The van der Waals surface area contributed by atoms with Crippen molar-refractivity contribution < 1.29 is 14.3 Å². The molecule has 0 saturated heterocycles. The van der Waals surface area contributed by atoms with Crippen LogP contribution in [0.4, 0.5) is 4.79 Å². The van der Waals surface area contributed by atoms with E-state index in [1.807, 2.05) is 0 Å². The van der Waals surface area contributed by atoms with Gasteiger partial charge in [-0.3, -0.25) is 0 Å². The summed E-state index contributed by atoms with van der Waals surface area (Å²) in [6, 6.07) is 6.80. The molecule has 9 heteroatoms. The monoisotopic (exact) mass is 682 g/mol. The van der Waals surface area contributed by atoms with E-state index in [1.54, 1.807) is 24.3 Å². The van der Waals surface area contributed by atoms with E-state index in [0.29, 0.717) is 20.4 Å². The zero-order chi connectivity index (χ0) is 16.4. The molecule has 22 heavy (non-hydrogen) atoms. The summed E-state index contributed by atoms with van der Waals surface area (Å²) in [6.07, 6.45) is -0.843. The highest BCUT2D eigenvalue weighted by Gasteiger charge is 2.17. The average molecular weight is 688 g/mol. The van der Waals surface area contributed by atoms with Gasteiger partial charge < -0.3 is 9.47 Å². The van der Waals surface area contributed by atoms with Gasteiger partial charge in [0.05, 0.1) is 8.95 Å². The molecule has 0 aliphatic rings. The predicted octanol–water partition coefficient (Wildman–Crippen LogP) is 7.84. The van der Waals surface area contributed by atoms with Gasteiger partial charge in [0, 0.05) is 17.9 Å². The minimum atomic E-state index is -0.843. The SMILES string of the molecule is O=C(Oc1ccc(Br)c(Br)c1Br)Oc1ccc(Br)c(Br)c1Br. The molecule has 0 amide bonds. The molecule has 0 saturated carbocycles. The number of benzene rings is 2. The Morgan fingerprint density at radius 1 is 0.636 bits per heavy atom. The summed E-state index contributed by atoms with van der Waals surface area (Å²) in [5, 5.41) is 0. The molecule has 0 aliphatic heterocycles. The van der Waals surface area contributed by atoms with Gasteiger partial charge in [-0.15, -0.1) is 0 Å². The second-order valence-electron chi connectivity index (χ2n) is 3.80. The molecule has 116 valence electrons. The zero-order valence-electron chi connectivity index (χ0n) is 10.3. The number of hydrogen-bond acceptors (Lipinski definition) is 3. The quantitative estimate of drug-likeness (QED) is 0.184. The first-order valence-corrected chi connectivity index (χ1v) is 10.2. The number of carbonyl (C=O) groups is 1. The molecular weight excluding hydrogens is 684 g/mol. The van der Waals surface area contributed by atoms with Gasteiger partial charge in [-0.1, -0.05) is 0 Å². The van der Waals surface area contributed by atoms with E-state index < -0.39 is 6.16 Å². The number of carbonyl (C=O) groups excluding carboxylic acids is 1. The normalized spacial score (nSPS) is 10.5. The van der Waals surface area contributed by atoms with Crippen LogP contribution in [0, 0.1) is 0 Å². The molecule has 0 atom stereocenters. The molecule has 0 radical (unpaired) electrons. The summed E-state index contributed by atoms with van der Waals surface area (Å²) in [6.45, 7) is 0. The first-order chi connectivity index (χ1) is 10.3. The van der Waals surface area contributed by atoms with Gasteiger partial charge in [0.25, 0.3) is 0 Å². The molecule has 0 fully saturated rings. The van der Waals surface area contributed by atoms with Crippen LogP contribution >= 0.6 is 95.6 Å². The van der Waals surface area contributed by atoms with E-state index in [1.165, 1.54) is 0 Å². The van der Waals surface area contributed by atoms with Crippen LogP contribution in [-0.4, -0.2) is 6.16 Å². The summed E-state index contributed by atoms with van der Waals surface area (Å²) in [5.74, 6) is 0.680. The van der Waals surface area contributed by atoms with Crippen molar-refractivity contribution in [3.8, 4) is 11.5 Å². The fourth-order valence-corrected chi connectivity index (χ4v) is 4.08. The lowest BCUT2D eigenvalue weighted by Crippen LogP contribution is -2.14. The summed E-state index contributed by atoms with van der Waals surface area (Å²) in [7, 11) is 0. The van der Waals surface area contributed by atoms with Crippen LogP contribution in [0.2, 0.25) is 0 Å². The van der Waals surface area contributed by atoms with Crippen molar-refractivity contribution >= 4 is 102 Å². The minimum absolute atomic E-state index is 0.340. The van der Waals surface area contributed by atoms with Crippen molar-refractivity contribution in [3.05, 3.63) is 51.1 Å². The topological polar surface area (TPSA) is 35.5 Å². The average Bonchev–Trinajstić information content (AvgIpc) is 2.48. The van der Waals surface area contributed by atoms with Crippen LogP contribution in [0.1, 0.15) is 0 Å². The smallest absolute Gasteiger partial charge is 0.393 e. The highest BCUT2D eigenvalue weighted by Crippen LogP contribution is 2.39. The third-order valence-corrected chi connectivity index (χ3v) is 9.06. The van der Waals surface area contributed by atoms with Crippen LogP contribution < -0.4 is 9.47 Å². The molecule has 0 aromatic heterocycles. The first-order valence-electron chi connectivity index (χ1n) is 5.48.